The molecule has 0 aliphatic rings. The molecule has 11 heavy (non-hydrogen) atoms. The minimum Gasteiger partial charge on any atom is -0.329 e. The number of hydrogen-bond donors (Lipinski definition) is 2. The monoisotopic (exact) mass is 158 g/mol. The smallest absolute Gasteiger partial charge is 0.0249 e. The lowest BCUT2D eigenvalue weighted by Gasteiger charge is -2.21. The molecule has 4 N–H and O–H groups in total. The predicted molar refractivity (Wildman–Crippen MR) is 50.4 cm³/mol. The van der Waals surface area contributed by atoms with Crippen molar-refractivity contribution in [1.29, 1.82) is 0 Å². The first-order valence-corrected chi connectivity index (χ1v) is 4.61. The van der Waals surface area contributed by atoms with Gasteiger partial charge in [0.15, 0.2) is 0 Å². The van der Waals surface area contributed by atoms with Crippen molar-refractivity contribution in [3.63, 3.8) is 0 Å². The summed E-state index contributed by atoms with van der Waals surface area (Å²) in [6, 6.07) is 0. The van der Waals surface area contributed by atoms with E-state index in [-0.39, 0.29) is 5.54 Å². The summed E-state index contributed by atoms with van der Waals surface area (Å²) >= 11 is 0. The first-order valence-electron chi connectivity index (χ1n) is 4.61. The van der Waals surface area contributed by atoms with Crippen LogP contribution in [0.3, 0.4) is 0 Å². The van der Waals surface area contributed by atoms with E-state index >= 15 is 0 Å². The molecule has 0 bridgehead atoms. The average molecular weight is 158 g/mol. The number of hydrogen-bond acceptors (Lipinski definition) is 2. The quantitative estimate of drug-likeness (QED) is 0.577. The minimum atomic E-state index is -0.131. The molecule has 68 valence electrons. The van der Waals surface area contributed by atoms with Gasteiger partial charge in [-0.15, -0.1) is 0 Å². The molecule has 0 amide bonds. The molecule has 0 fully saturated rings. The Balaban J connectivity index is 3.23. The van der Waals surface area contributed by atoms with Crippen LogP contribution in [0.25, 0.3) is 0 Å². The lowest BCUT2D eigenvalue weighted by molar-refractivity contribution is 0.418. The molecule has 0 aliphatic heterocycles. The highest BCUT2D eigenvalue weighted by atomic mass is 14.8. The summed E-state index contributed by atoms with van der Waals surface area (Å²) in [6.07, 6.45) is 6.18. The van der Waals surface area contributed by atoms with Crippen molar-refractivity contribution in [2.75, 3.05) is 6.54 Å². The Kier molecular flexibility index (Phi) is 5.51. The maximum atomic E-state index is 5.87. The van der Waals surface area contributed by atoms with Crippen LogP contribution in [0, 0.1) is 0 Å². The number of unbranched alkanes of at least 4 members (excludes halogenated alkanes) is 3. The Bertz CT molecular complexity index is 89.6. The first kappa shape index (κ1) is 10.9. The summed E-state index contributed by atoms with van der Waals surface area (Å²) in [5.41, 5.74) is 11.2. The van der Waals surface area contributed by atoms with Crippen LogP contribution in [-0.4, -0.2) is 12.1 Å². The lowest BCUT2D eigenvalue weighted by atomic mass is 9.96. The van der Waals surface area contributed by atoms with Gasteiger partial charge < -0.3 is 11.5 Å². The zero-order chi connectivity index (χ0) is 8.74. The number of nitrogens with two attached hydrogens (primary N) is 2. The molecule has 0 saturated heterocycles. The Morgan fingerprint density at radius 2 is 1.82 bits per heavy atom. The Labute approximate surface area is 70.3 Å². The average Bonchev–Trinajstić information content (AvgIpc) is 1.99. The van der Waals surface area contributed by atoms with Crippen molar-refractivity contribution in [3.05, 3.63) is 0 Å². The SMILES string of the molecule is CCCCCCC(C)(N)CN. The van der Waals surface area contributed by atoms with Crippen LogP contribution >= 0.6 is 0 Å². The van der Waals surface area contributed by atoms with Crippen molar-refractivity contribution in [2.45, 2.75) is 51.5 Å². The molecule has 0 aromatic rings. The molecule has 0 aromatic carbocycles. The Morgan fingerprint density at radius 3 is 2.27 bits per heavy atom. The van der Waals surface area contributed by atoms with Crippen LogP contribution in [0.4, 0.5) is 0 Å². The molecular formula is C9H22N2. The second kappa shape index (κ2) is 5.56. The van der Waals surface area contributed by atoms with Crippen LogP contribution in [0.5, 0.6) is 0 Å². The molecule has 0 spiro atoms. The first-order chi connectivity index (χ1) is 5.12. The molecule has 0 aliphatic carbocycles. The molecule has 2 heteroatoms. The van der Waals surface area contributed by atoms with Crippen LogP contribution in [0.1, 0.15) is 46.0 Å². The zero-order valence-electron chi connectivity index (χ0n) is 7.90. The molecule has 1 unspecified atom stereocenters. The fraction of sp³-hybridized carbons (Fsp3) is 1.00. The lowest BCUT2D eigenvalue weighted by Crippen LogP contribution is -2.43. The van der Waals surface area contributed by atoms with Gasteiger partial charge in [-0.05, 0) is 13.3 Å². The summed E-state index contributed by atoms with van der Waals surface area (Å²) in [7, 11) is 0. The summed E-state index contributed by atoms with van der Waals surface area (Å²) in [6.45, 7) is 4.84. The van der Waals surface area contributed by atoms with E-state index in [2.05, 4.69) is 6.92 Å². The van der Waals surface area contributed by atoms with E-state index in [1.165, 1.54) is 25.7 Å². The van der Waals surface area contributed by atoms with E-state index in [4.69, 9.17) is 11.5 Å². The highest BCUT2D eigenvalue weighted by Gasteiger charge is 2.14. The van der Waals surface area contributed by atoms with Gasteiger partial charge in [0, 0.05) is 12.1 Å². The minimum absolute atomic E-state index is 0.131. The number of rotatable bonds is 6. The van der Waals surface area contributed by atoms with Gasteiger partial charge >= 0.3 is 0 Å². The molecule has 0 saturated carbocycles. The van der Waals surface area contributed by atoms with Crippen molar-refractivity contribution >= 4 is 0 Å². The standard InChI is InChI=1S/C9H22N2/c1-3-4-5-6-7-9(2,11)8-10/h3-8,10-11H2,1-2H3. The maximum absolute atomic E-state index is 5.87. The second-order valence-corrected chi connectivity index (χ2v) is 3.67. The van der Waals surface area contributed by atoms with Gasteiger partial charge in [0.05, 0.1) is 0 Å². The fourth-order valence-corrected chi connectivity index (χ4v) is 1.06. The van der Waals surface area contributed by atoms with Gasteiger partial charge in [0.25, 0.3) is 0 Å². The third-order valence-electron chi connectivity index (χ3n) is 2.07. The molecule has 0 radical (unpaired) electrons. The van der Waals surface area contributed by atoms with E-state index in [9.17, 15) is 0 Å². The van der Waals surface area contributed by atoms with Gasteiger partial charge in [0.2, 0.25) is 0 Å². The van der Waals surface area contributed by atoms with E-state index in [0.29, 0.717) is 6.54 Å². The molecule has 1 atom stereocenters. The summed E-state index contributed by atoms with van der Waals surface area (Å²) < 4.78 is 0. The zero-order valence-corrected chi connectivity index (χ0v) is 7.90. The van der Waals surface area contributed by atoms with Crippen molar-refractivity contribution in [1.82, 2.24) is 0 Å². The molecule has 2 nitrogen and oxygen atoms in total. The summed E-state index contributed by atoms with van der Waals surface area (Å²) in [4.78, 5) is 0. The largest absolute Gasteiger partial charge is 0.329 e. The highest BCUT2D eigenvalue weighted by molar-refractivity contribution is 4.78. The molecule has 0 heterocycles. The van der Waals surface area contributed by atoms with E-state index in [1.807, 2.05) is 6.92 Å². The second-order valence-electron chi connectivity index (χ2n) is 3.67. The van der Waals surface area contributed by atoms with Crippen LogP contribution in [0.2, 0.25) is 0 Å². The third kappa shape index (κ3) is 6.32. The van der Waals surface area contributed by atoms with Crippen LogP contribution in [0.15, 0.2) is 0 Å². The van der Waals surface area contributed by atoms with Crippen molar-refractivity contribution < 1.29 is 0 Å². The van der Waals surface area contributed by atoms with Gasteiger partial charge in [-0.2, -0.15) is 0 Å². The highest BCUT2D eigenvalue weighted by Crippen LogP contribution is 2.10. The molecule has 0 rings (SSSR count). The van der Waals surface area contributed by atoms with Crippen LogP contribution < -0.4 is 11.5 Å². The Morgan fingerprint density at radius 1 is 1.18 bits per heavy atom. The van der Waals surface area contributed by atoms with Gasteiger partial charge in [-0.25, -0.2) is 0 Å². The third-order valence-corrected chi connectivity index (χ3v) is 2.07. The van der Waals surface area contributed by atoms with Crippen molar-refractivity contribution in [3.8, 4) is 0 Å². The molecular weight excluding hydrogens is 136 g/mol. The van der Waals surface area contributed by atoms with E-state index < -0.39 is 0 Å². The van der Waals surface area contributed by atoms with Crippen LogP contribution in [-0.2, 0) is 0 Å². The van der Waals surface area contributed by atoms with Gasteiger partial charge in [-0.1, -0.05) is 32.6 Å². The van der Waals surface area contributed by atoms with Gasteiger partial charge in [0.1, 0.15) is 0 Å². The van der Waals surface area contributed by atoms with E-state index in [0.717, 1.165) is 6.42 Å². The predicted octanol–water partition coefficient (Wildman–Crippen LogP) is 1.63. The molecule has 0 aromatic heterocycles. The summed E-state index contributed by atoms with van der Waals surface area (Å²) in [5, 5.41) is 0. The Hall–Kier alpha value is -0.0800. The fourth-order valence-electron chi connectivity index (χ4n) is 1.06. The van der Waals surface area contributed by atoms with E-state index in [1.54, 1.807) is 0 Å². The topological polar surface area (TPSA) is 52.0 Å². The van der Waals surface area contributed by atoms with Crippen molar-refractivity contribution in [2.24, 2.45) is 11.5 Å². The normalized spacial score (nSPS) is 16.4. The maximum Gasteiger partial charge on any atom is 0.0249 e. The summed E-state index contributed by atoms with van der Waals surface area (Å²) in [5.74, 6) is 0. The van der Waals surface area contributed by atoms with Gasteiger partial charge in [-0.3, -0.25) is 0 Å².